The van der Waals surface area contributed by atoms with Crippen molar-refractivity contribution in [2.75, 3.05) is 50.7 Å². The lowest BCUT2D eigenvalue weighted by molar-refractivity contribution is -0.121. The zero-order chi connectivity index (χ0) is 14.8. The minimum atomic E-state index is -0.0115. The number of nitrogens with one attached hydrogen (secondary N) is 3. The van der Waals surface area contributed by atoms with E-state index in [0.717, 1.165) is 5.82 Å². The summed E-state index contributed by atoms with van der Waals surface area (Å²) in [7, 11) is 3.41. The number of nitrogens with zero attached hydrogens (tertiary/aromatic N) is 2. The molecular formula is C12H21N5O2S. The average Bonchev–Trinajstić information content (AvgIpc) is 2.47. The molecule has 0 unspecified atom stereocenters. The lowest BCUT2D eigenvalue weighted by Crippen LogP contribution is -2.28. The molecule has 0 bridgehead atoms. The number of carbonyl (C=O) groups excluding carboxylic acids is 1. The minimum Gasteiger partial charge on any atom is -0.383 e. The lowest BCUT2D eigenvalue weighted by Gasteiger charge is -2.09. The number of carbonyl (C=O) groups is 1. The summed E-state index contributed by atoms with van der Waals surface area (Å²) in [6.07, 6.45) is 2.30. The van der Waals surface area contributed by atoms with Crippen molar-refractivity contribution in [1.82, 2.24) is 15.3 Å². The predicted octanol–water partition coefficient (Wildman–Crippen LogP) is 0.805. The van der Waals surface area contributed by atoms with Crippen molar-refractivity contribution in [2.24, 2.45) is 0 Å². The predicted molar refractivity (Wildman–Crippen MR) is 81.4 cm³/mol. The Hall–Kier alpha value is -1.54. The topological polar surface area (TPSA) is 88.2 Å². The molecular weight excluding hydrogens is 278 g/mol. The van der Waals surface area contributed by atoms with Crippen LogP contribution in [0.2, 0.25) is 0 Å². The molecule has 1 heterocycles. The quantitative estimate of drug-likeness (QED) is 0.353. The van der Waals surface area contributed by atoms with Crippen LogP contribution >= 0.6 is 11.8 Å². The molecule has 0 aliphatic heterocycles. The molecule has 1 aromatic heterocycles. The lowest BCUT2D eigenvalue weighted by atomic mass is 10.4. The van der Waals surface area contributed by atoms with Crippen LogP contribution in [0.4, 0.5) is 11.6 Å². The number of rotatable bonds is 9. The molecule has 0 aromatic carbocycles. The SMILES string of the molecule is CNc1cc(NCCC(=O)NCCOC)nc(SC)n1. The van der Waals surface area contributed by atoms with E-state index in [9.17, 15) is 4.79 Å². The van der Waals surface area contributed by atoms with Gasteiger partial charge in [0.2, 0.25) is 5.91 Å². The number of ether oxygens (including phenoxy) is 1. The maximum atomic E-state index is 11.5. The van der Waals surface area contributed by atoms with Gasteiger partial charge in [0.15, 0.2) is 5.16 Å². The second-order valence-electron chi connectivity index (χ2n) is 3.89. The van der Waals surface area contributed by atoms with E-state index >= 15 is 0 Å². The van der Waals surface area contributed by atoms with Gasteiger partial charge in [0, 0.05) is 39.7 Å². The molecule has 0 spiro atoms. The zero-order valence-electron chi connectivity index (χ0n) is 12.0. The summed E-state index contributed by atoms with van der Waals surface area (Å²) in [5, 5.41) is 9.54. The minimum absolute atomic E-state index is 0.0115. The van der Waals surface area contributed by atoms with Gasteiger partial charge in [-0.1, -0.05) is 11.8 Å². The van der Waals surface area contributed by atoms with Crippen molar-refractivity contribution in [3.8, 4) is 0 Å². The van der Waals surface area contributed by atoms with Crippen molar-refractivity contribution in [2.45, 2.75) is 11.6 Å². The zero-order valence-corrected chi connectivity index (χ0v) is 12.8. The van der Waals surface area contributed by atoms with Gasteiger partial charge in [-0.3, -0.25) is 4.79 Å². The molecule has 3 N–H and O–H groups in total. The van der Waals surface area contributed by atoms with Crippen LogP contribution in [0.25, 0.3) is 0 Å². The van der Waals surface area contributed by atoms with E-state index in [-0.39, 0.29) is 5.91 Å². The second kappa shape index (κ2) is 9.38. The van der Waals surface area contributed by atoms with Crippen LogP contribution in [0.3, 0.4) is 0 Å². The van der Waals surface area contributed by atoms with Gasteiger partial charge in [-0.2, -0.15) is 0 Å². The summed E-state index contributed by atoms with van der Waals surface area (Å²) in [5.41, 5.74) is 0. The van der Waals surface area contributed by atoms with E-state index in [2.05, 4.69) is 25.9 Å². The highest BCUT2D eigenvalue weighted by molar-refractivity contribution is 7.98. The fourth-order valence-electron chi connectivity index (χ4n) is 1.42. The van der Waals surface area contributed by atoms with Gasteiger partial charge in [-0.05, 0) is 6.26 Å². The molecule has 0 saturated carbocycles. The van der Waals surface area contributed by atoms with Crippen molar-refractivity contribution in [3.05, 3.63) is 6.07 Å². The first-order valence-electron chi connectivity index (χ1n) is 6.30. The summed E-state index contributed by atoms with van der Waals surface area (Å²) in [5.74, 6) is 1.44. The van der Waals surface area contributed by atoms with Gasteiger partial charge in [0.05, 0.1) is 6.61 Å². The molecule has 0 fully saturated rings. The molecule has 0 aliphatic rings. The summed E-state index contributed by atoms with van der Waals surface area (Å²) in [6, 6.07) is 1.81. The number of hydrogen-bond donors (Lipinski definition) is 3. The molecule has 1 amide bonds. The number of aromatic nitrogens is 2. The Kier molecular flexibility index (Phi) is 7.74. The van der Waals surface area contributed by atoms with Crippen molar-refractivity contribution >= 4 is 29.3 Å². The van der Waals surface area contributed by atoms with Crippen molar-refractivity contribution in [3.63, 3.8) is 0 Å². The standard InChI is InChI=1S/C12H21N5O2S/c1-13-9-8-10(17-12(16-9)20-3)14-5-4-11(18)15-6-7-19-2/h8H,4-7H2,1-3H3,(H,15,18)(H2,13,14,16,17). The van der Waals surface area contributed by atoms with Crippen LogP contribution < -0.4 is 16.0 Å². The van der Waals surface area contributed by atoms with Crippen LogP contribution in [0, 0.1) is 0 Å². The monoisotopic (exact) mass is 299 g/mol. The number of amides is 1. The van der Waals surface area contributed by atoms with Gasteiger partial charge in [0.1, 0.15) is 11.6 Å². The van der Waals surface area contributed by atoms with Crippen LogP contribution in [-0.2, 0) is 9.53 Å². The molecule has 1 rings (SSSR count). The van der Waals surface area contributed by atoms with Gasteiger partial charge in [-0.15, -0.1) is 0 Å². The van der Waals surface area contributed by atoms with Crippen molar-refractivity contribution < 1.29 is 9.53 Å². The third kappa shape index (κ3) is 6.07. The van der Waals surface area contributed by atoms with E-state index in [0.29, 0.717) is 37.1 Å². The Morgan fingerprint density at radius 3 is 2.75 bits per heavy atom. The highest BCUT2D eigenvalue weighted by atomic mass is 32.2. The third-order valence-corrected chi connectivity index (χ3v) is 2.98. The Bertz CT molecular complexity index is 408. The summed E-state index contributed by atoms with van der Waals surface area (Å²) in [4.78, 5) is 20.1. The summed E-state index contributed by atoms with van der Waals surface area (Å²) < 4.78 is 4.86. The van der Waals surface area contributed by atoms with Gasteiger partial charge >= 0.3 is 0 Å². The highest BCUT2D eigenvalue weighted by Crippen LogP contribution is 2.16. The number of anilines is 2. The molecule has 112 valence electrons. The molecule has 0 saturated heterocycles. The Morgan fingerprint density at radius 2 is 2.10 bits per heavy atom. The maximum Gasteiger partial charge on any atom is 0.221 e. The molecule has 0 atom stereocenters. The molecule has 0 radical (unpaired) electrons. The number of thioether (sulfide) groups is 1. The molecule has 0 aliphatic carbocycles. The summed E-state index contributed by atoms with van der Waals surface area (Å²) >= 11 is 1.47. The molecule has 1 aromatic rings. The van der Waals surface area contributed by atoms with E-state index in [1.54, 1.807) is 14.2 Å². The highest BCUT2D eigenvalue weighted by Gasteiger charge is 2.04. The Labute approximate surface area is 123 Å². The first-order valence-corrected chi connectivity index (χ1v) is 7.52. The Morgan fingerprint density at radius 1 is 1.35 bits per heavy atom. The smallest absolute Gasteiger partial charge is 0.221 e. The first kappa shape index (κ1) is 16.5. The van der Waals surface area contributed by atoms with E-state index < -0.39 is 0 Å². The van der Waals surface area contributed by atoms with Crippen LogP contribution in [0.5, 0.6) is 0 Å². The first-order chi connectivity index (χ1) is 9.69. The van der Waals surface area contributed by atoms with Gasteiger partial charge < -0.3 is 20.7 Å². The van der Waals surface area contributed by atoms with E-state index in [4.69, 9.17) is 4.74 Å². The van der Waals surface area contributed by atoms with Gasteiger partial charge in [0.25, 0.3) is 0 Å². The fraction of sp³-hybridized carbons (Fsp3) is 0.583. The van der Waals surface area contributed by atoms with Crippen LogP contribution in [-0.4, -0.2) is 56.0 Å². The molecule has 8 heteroatoms. The van der Waals surface area contributed by atoms with E-state index in [1.807, 2.05) is 12.3 Å². The van der Waals surface area contributed by atoms with Gasteiger partial charge in [-0.25, -0.2) is 9.97 Å². The third-order valence-electron chi connectivity index (χ3n) is 2.43. The largest absolute Gasteiger partial charge is 0.383 e. The van der Waals surface area contributed by atoms with Crippen LogP contribution in [0.1, 0.15) is 6.42 Å². The van der Waals surface area contributed by atoms with Crippen molar-refractivity contribution in [1.29, 1.82) is 0 Å². The average molecular weight is 299 g/mol. The number of hydrogen-bond acceptors (Lipinski definition) is 7. The Balaban J connectivity index is 2.39. The second-order valence-corrected chi connectivity index (χ2v) is 4.67. The molecule has 7 nitrogen and oxygen atoms in total. The van der Waals surface area contributed by atoms with E-state index in [1.165, 1.54) is 11.8 Å². The number of methoxy groups -OCH3 is 1. The summed E-state index contributed by atoms with van der Waals surface area (Å²) in [6.45, 7) is 1.57. The molecule has 20 heavy (non-hydrogen) atoms. The maximum absolute atomic E-state index is 11.5. The normalized spacial score (nSPS) is 10.2. The van der Waals surface area contributed by atoms with Crippen LogP contribution in [0.15, 0.2) is 11.2 Å². The fourth-order valence-corrected chi connectivity index (χ4v) is 1.80.